The molecule has 0 bridgehead atoms. The Bertz CT molecular complexity index is 985. The minimum absolute atomic E-state index is 0.0322. The molecule has 2 aromatic carbocycles. The molecule has 0 saturated heterocycles. The van der Waals surface area contributed by atoms with Crippen LogP contribution in [0.3, 0.4) is 0 Å². The number of carbonyl (C=O) groups excluding carboxylic acids is 1. The lowest BCUT2D eigenvalue weighted by atomic mass is 10.1. The summed E-state index contributed by atoms with van der Waals surface area (Å²) in [5.41, 5.74) is 0.575. The fourth-order valence-electron chi connectivity index (χ4n) is 2.50. The molecule has 0 aromatic heterocycles. The zero-order valence-electron chi connectivity index (χ0n) is 15.5. The van der Waals surface area contributed by atoms with Crippen molar-refractivity contribution in [2.24, 2.45) is 0 Å². The van der Waals surface area contributed by atoms with E-state index in [4.69, 9.17) is 21.6 Å². The third-order valence-corrected chi connectivity index (χ3v) is 5.64. The van der Waals surface area contributed by atoms with Crippen molar-refractivity contribution in [3.8, 4) is 11.8 Å². The molecule has 9 heteroatoms. The van der Waals surface area contributed by atoms with E-state index in [1.165, 1.54) is 30.1 Å². The maximum absolute atomic E-state index is 13.1. The van der Waals surface area contributed by atoms with Crippen LogP contribution in [0.4, 0.5) is 5.69 Å². The zero-order chi connectivity index (χ0) is 20.7. The Balaban J connectivity index is 2.45. The molecule has 148 valence electrons. The minimum Gasteiger partial charge on any atom is -0.494 e. The van der Waals surface area contributed by atoms with Gasteiger partial charge in [-0.25, -0.2) is 13.1 Å². The Labute approximate surface area is 169 Å². The molecule has 1 N–H and O–H groups in total. The van der Waals surface area contributed by atoms with Gasteiger partial charge in [-0.2, -0.15) is 5.26 Å². The van der Waals surface area contributed by atoms with Crippen LogP contribution in [-0.4, -0.2) is 34.5 Å². The highest BCUT2D eigenvalue weighted by Crippen LogP contribution is 2.26. The molecule has 0 heterocycles. The van der Waals surface area contributed by atoms with Crippen molar-refractivity contribution >= 4 is 33.2 Å². The summed E-state index contributed by atoms with van der Waals surface area (Å²) in [7, 11) is -2.46. The van der Waals surface area contributed by atoms with Gasteiger partial charge in [-0.1, -0.05) is 11.6 Å². The number of benzene rings is 2. The standard InChI is InChI=1S/C19H20ClN3O4S/c1-3-27-15-7-5-14(6-8-15)23(12-4-11-21)19(24)17-13-16(9-10-18(17)20)28(25,26)22-2/h5-10,13,22H,3-4,12H2,1-2H3. The lowest BCUT2D eigenvalue weighted by Crippen LogP contribution is -2.32. The van der Waals surface area contributed by atoms with E-state index >= 15 is 0 Å². The van der Waals surface area contributed by atoms with Crippen LogP contribution < -0.4 is 14.4 Å². The van der Waals surface area contributed by atoms with Crippen LogP contribution in [0.15, 0.2) is 47.4 Å². The first kappa shape index (κ1) is 21.7. The normalized spacial score (nSPS) is 10.9. The lowest BCUT2D eigenvalue weighted by molar-refractivity contribution is 0.0987. The van der Waals surface area contributed by atoms with Gasteiger partial charge in [0.25, 0.3) is 5.91 Å². The van der Waals surface area contributed by atoms with Crippen molar-refractivity contribution in [1.82, 2.24) is 4.72 Å². The predicted molar refractivity (Wildman–Crippen MR) is 107 cm³/mol. The zero-order valence-corrected chi connectivity index (χ0v) is 17.0. The quantitative estimate of drug-likeness (QED) is 0.705. The second-order valence-electron chi connectivity index (χ2n) is 5.64. The van der Waals surface area contributed by atoms with Gasteiger partial charge in [0.15, 0.2) is 0 Å². The van der Waals surface area contributed by atoms with E-state index in [1.54, 1.807) is 24.3 Å². The van der Waals surface area contributed by atoms with Crippen LogP contribution in [0.5, 0.6) is 5.75 Å². The first-order valence-electron chi connectivity index (χ1n) is 8.48. The molecule has 0 radical (unpaired) electrons. The Kier molecular flexibility index (Phi) is 7.40. The van der Waals surface area contributed by atoms with Crippen molar-refractivity contribution in [2.45, 2.75) is 18.2 Å². The van der Waals surface area contributed by atoms with Crippen LogP contribution in [0.25, 0.3) is 0 Å². The number of hydrogen-bond donors (Lipinski definition) is 1. The monoisotopic (exact) mass is 421 g/mol. The molecule has 2 aromatic rings. The molecule has 0 spiro atoms. The number of sulfonamides is 1. The van der Waals surface area contributed by atoms with Crippen molar-refractivity contribution in [3.05, 3.63) is 53.1 Å². The smallest absolute Gasteiger partial charge is 0.259 e. The highest BCUT2D eigenvalue weighted by atomic mass is 35.5. The van der Waals surface area contributed by atoms with Crippen LogP contribution >= 0.6 is 11.6 Å². The first-order chi connectivity index (χ1) is 13.3. The number of nitrogens with zero attached hydrogens (tertiary/aromatic N) is 2. The van der Waals surface area contributed by atoms with E-state index in [9.17, 15) is 13.2 Å². The molecule has 0 aliphatic rings. The van der Waals surface area contributed by atoms with Gasteiger partial charge in [-0.15, -0.1) is 0 Å². The Morgan fingerprint density at radius 3 is 2.50 bits per heavy atom. The largest absolute Gasteiger partial charge is 0.494 e. The fraction of sp³-hybridized carbons (Fsp3) is 0.263. The molecule has 0 aliphatic heterocycles. The minimum atomic E-state index is -3.74. The van der Waals surface area contributed by atoms with E-state index in [2.05, 4.69) is 4.72 Å². The van der Waals surface area contributed by atoms with Crippen LogP contribution in [0.2, 0.25) is 5.02 Å². The molecule has 0 fully saturated rings. The lowest BCUT2D eigenvalue weighted by Gasteiger charge is -2.23. The topological polar surface area (TPSA) is 99.5 Å². The van der Waals surface area contributed by atoms with Crippen LogP contribution in [0, 0.1) is 11.3 Å². The summed E-state index contributed by atoms with van der Waals surface area (Å²) in [5.74, 6) is 0.150. The first-order valence-corrected chi connectivity index (χ1v) is 10.3. The third kappa shape index (κ3) is 5.01. The van der Waals surface area contributed by atoms with Gasteiger partial charge >= 0.3 is 0 Å². The number of ether oxygens (including phenoxy) is 1. The van der Waals surface area contributed by atoms with E-state index in [1.807, 2.05) is 13.0 Å². The summed E-state index contributed by atoms with van der Waals surface area (Å²) in [5, 5.41) is 9.06. The number of nitriles is 1. The SMILES string of the molecule is CCOc1ccc(N(CCC#N)C(=O)c2cc(S(=O)(=O)NC)ccc2Cl)cc1. The van der Waals surface area contributed by atoms with Gasteiger partial charge < -0.3 is 9.64 Å². The van der Waals surface area contributed by atoms with Gasteiger partial charge in [0.1, 0.15) is 5.75 Å². The number of anilines is 1. The molecule has 0 aliphatic carbocycles. The molecular formula is C19H20ClN3O4S. The van der Waals surface area contributed by atoms with Gasteiger partial charge in [0, 0.05) is 12.2 Å². The van der Waals surface area contributed by atoms with Crippen molar-refractivity contribution in [2.75, 3.05) is 25.1 Å². The van der Waals surface area contributed by atoms with E-state index in [0.717, 1.165) is 0 Å². The van der Waals surface area contributed by atoms with Crippen molar-refractivity contribution in [1.29, 1.82) is 5.26 Å². The number of nitrogens with one attached hydrogen (secondary N) is 1. The molecule has 0 saturated carbocycles. The van der Waals surface area contributed by atoms with Gasteiger partial charge in [-0.05, 0) is 56.4 Å². The maximum atomic E-state index is 13.1. The van der Waals surface area contributed by atoms with Crippen molar-refractivity contribution in [3.63, 3.8) is 0 Å². The number of amides is 1. The Hall–Kier alpha value is -2.60. The highest BCUT2D eigenvalue weighted by Gasteiger charge is 2.23. The molecule has 0 atom stereocenters. The average Bonchev–Trinajstić information content (AvgIpc) is 2.69. The molecule has 0 unspecified atom stereocenters. The van der Waals surface area contributed by atoms with E-state index in [0.29, 0.717) is 18.0 Å². The fourth-order valence-corrected chi connectivity index (χ4v) is 3.45. The van der Waals surface area contributed by atoms with Gasteiger partial charge in [0.2, 0.25) is 10.0 Å². The molecule has 7 nitrogen and oxygen atoms in total. The molecule has 1 amide bonds. The summed E-state index contributed by atoms with van der Waals surface area (Å²) < 4.78 is 31.7. The summed E-state index contributed by atoms with van der Waals surface area (Å²) in [6, 6.07) is 12.7. The van der Waals surface area contributed by atoms with E-state index < -0.39 is 15.9 Å². The Morgan fingerprint density at radius 2 is 1.93 bits per heavy atom. The number of carbonyl (C=O) groups is 1. The van der Waals surface area contributed by atoms with Crippen LogP contribution in [-0.2, 0) is 10.0 Å². The number of rotatable bonds is 8. The highest BCUT2D eigenvalue weighted by molar-refractivity contribution is 7.89. The molecular weight excluding hydrogens is 402 g/mol. The van der Waals surface area contributed by atoms with Gasteiger partial charge in [0.05, 0.1) is 34.6 Å². The third-order valence-electron chi connectivity index (χ3n) is 3.90. The van der Waals surface area contributed by atoms with Crippen LogP contribution in [0.1, 0.15) is 23.7 Å². The summed E-state index contributed by atoms with van der Waals surface area (Å²) >= 11 is 6.17. The molecule has 28 heavy (non-hydrogen) atoms. The Morgan fingerprint density at radius 1 is 1.25 bits per heavy atom. The van der Waals surface area contributed by atoms with Gasteiger partial charge in [-0.3, -0.25) is 4.79 Å². The number of hydrogen-bond acceptors (Lipinski definition) is 5. The second kappa shape index (κ2) is 9.55. The second-order valence-corrected chi connectivity index (χ2v) is 7.93. The summed E-state index contributed by atoms with van der Waals surface area (Å²) in [6.07, 6.45) is 0.102. The average molecular weight is 422 g/mol. The maximum Gasteiger partial charge on any atom is 0.259 e. The van der Waals surface area contributed by atoms with Crippen molar-refractivity contribution < 1.29 is 17.9 Å². The number of halogens is 1. The summed E-state index contributed by atoms with van der Waals surface area (Å²) in [6.45, 7) is 2.51. The molecule has 2 rings (SSSR count). The predicted octanol–water partition coefficient (Wildman–Crippen LogP) is 3.21. The summed E-state index contributed by atoms with van der Waals surface area (Å²) in [4.78, 5) is 14.4. The van der Waals surface area contributed by atoms with E-state index in [-0.39, 0.29) is 28.4 Å².